The number of hydrogen-bond acceptors (Lipinski definition) is 5. The summed E-state index contributed by atoms with van der Waals surface area (Å²) < 4.78 is 6.76. The molecule has 0 unspecified atom stereocenters. The van der Waals surface area contributed by atoms with Crippen molar-refractivity contribution in [1.29, 1.82) is 0 Å². The number of fused-ring (bicyclic) bond motifs is 1. The Morgan fingerprint density at radius 3 is 2.76 bits per heavy atom. The molecule has 0 spiro atoms. The van der Waals surface area contributed by atoms with Crippen molar-refractivity contribution in [3.05, 3.63) is 54.6 Å². The SMILES string of the molecule is COc1ccc(-c2cc3n(n2)[C@H](C(=O)Nc2cccc(SC)c2)CC(=O)N3)cc1. The van der Waals surface area contributed by atoms with Crippen LogP contribution in [0.2, 0.25) is 0 Å². The van der Waals surface area contributed by atoms with Crippen molar-refractivity contribution in [1.82, 2.24) is 9.78 Å². The summed E-state index contributed by atoms with van der Waals surface area (Å²) in [6, 6.07) is 16.1. The molecule has 4 rings (SSSR count). The van der Waals surface area contributed by atoms with E-state index in [1.54, 1.807) is 29.6 Å². The zero-order valence-corrected chi connectivity index (χ0v) is 16.8. The molecule has 7 nitrogen and oxygen atoms in total. The van der Waals surface area contributed by atoms with Crippen molar-refractivity contribution < 1.29 is 14.3 Å². The van der Waals surface area contributed by atoms with E-state index < -0.39 is 6.04 Å². The summed E-state index contributed by atoms with van der Waals surface area (Å²) in [5.74, 6) is 0.765. The normalized spacial score (nSPS) is 15.4. The molecule has 0 aliphatic carbocycles. The predicted octanol–water partition coefficient (Wildman–Crippen LogP) is 3.80. The highest BCUT2D eigenvalue weighted by Crippen LogP contribution is 2.31. The Labute approximate surface area is 172 Å². The largest absolute Gasteiger partial charge is 0.497 e. The molecule has 0 bridgehead atoms. The molecule has 0 saturated carbocycles. The van der Waals surface area contributed by atoms with Gasteiger partial charge in [0.15, 0.2) is 0 Å². The lowest BCUT2D eigenvalue weighted by molar-refractivity contribution is -0.125. The van der Waals surface area contributed by atoms with Crippen LogP contribution in [0.4, 0.5) is 11.5 Å². The Hall–Kier alpha value is -3.26. The maximum atomic E-state index is 12.9. The zero-order valence-electron chi connectivity index (χ0n) is 16.0. The molecule has 2 heterocycles. The van der Waals surface area contributed by atoms with Crippen LogP contribution in [0.3, 0.4) is 0 Å². The number of ether oxygens (including phenoxy) is 1. The number of benzene rings is 2. The number of nitrogens with zero attached hydrogens (tertiary/aromatic N) is 2. The third kappa shape index (κ3) is 3.97. The number of methoxy groups -OCH3 is 1. The average molecular weight is 408 g/mol. The fourth-order valence-electron chi connectivity index (χ4n) is 3.21. The molecule has 148 valence electrons. The Bertz CT molecular complexity index is 1060. The van der Waals surface area contributed by atoms with Gasteiger partial charge in [0.1, 0.15) is 17.6 Å². The molecule has 1 atom stereocenters. The van der Waals surface area contributed by atoms with Crippen LogP contribution in [-0.2, 0) is 9.59 Å². The van der Waals surface area contributed by atoms with E-state index in [0.717, 1.165) is 16.2 Å². The fourth-order valence-corrected chi connectivity index (χ4v) is 3.67. The molecule has 0 saturated heterocycles. The van der Waals surface area contributed by atoms with Gasteiger partial charge in [-0.3, -0.25) is 9.59 Å². The molecule has 1 aliphatic heterocycles. The van der Waals surface area contributed by atoms with Gasteiger partial charge in [0, 0.05) is 22.2 Å². The number of rotatable bonds is 5. The van der Waals surface area contributed by atoms with Crippen molar-refractivity contribution in [2.24, 2.45) is 0 Å². The van der Waals surface area contributed by atoms with E-state index >= 15 is 0 Å². The van der Waals surface area contributed by atoms with Gasteiger partial charge in [0.2, 0.25) is 11.8 Å². The van der Waals surface area contributed by atoms with Gasteiger partial charge in [-0.25, -0.2) is 4.68 Å². The van der Waals surface area contributed by atoms with Gasteiger partial charge >= 0.3 is 0 Å². The van der Waals surface area contributed by atoms with Crippen molar-refractivity contribution in [3.8, 4) is 17.0 Å². The first-order valence-electron chi connectivity index (χ1n) is 9.06. The van der Waals surface area contributed by atoms with Crippen LogP contribution in [0.25, 0.3) is 11.3 Å². The summed E-state index contributed by atoms with van der Waals surface area (Å²) in [4.78, 5) is 26.1. The van der Waals surface area contributed by atoms with Crippen LogP contribution in [0.15, 0.2) is 59.5 Å². The van der Waals surface area contributed by atoms with Crippen molar-refractivity contribution in [2.75, 3.05) is 24.0 Å². The van der Waals surface area contributed by atoms with Crippen LogP contribution in [0.1, 0.15) is 12.5 Å². The summed E-state index contributed by atoms with van der Waals surface area (Å²) in [6.07, 6.45) is 2.01. The second kappa shape index (κ2) is 8.00. The second-order valence-electron chi connectivity index (χ2n) is 6.58. The topological polar surface area (TPSA) is 85.2 Å². The first-order valence-corrected chi connectivity index (χ1v) is 10.3. The molecular formula is C21H20N4O3S. The monoisotopic (exact) mass is 408 g/mol. The number of amides is 2. The predicted molar refractivity (Wildman–Crippen MR) is 113 cm³/mol. The van der Waals surface area contributed by atoms with Crippen LogP contribution < -0.4 is 15.4 Å². The Kier molecular flexibility index (Phi) is 5.26. The molecular weight excluding hydrogens is 388 g/mol. The van der Waals surface area contributed by atoms with E-state index in [1.807, 2.05) is 54.8 Å². The lowest BCUT2D eigenvalue weighted by atomic mass is 10.1. The van der Waals surface area contributed by atoms with E-state index in [4.69, 9.17) is 4.74 Å². The van der Waals surface area contributed by atoms with E-state index in [9.17, 15) is 9.59 Å². The van der Waals surface area contributed by atoms with Gasteiger partial charge in [0.05, 0.1) is 19.2 Å². The highest BCUT2D eigenvalue weighted by atomic mass is 32.2. The first kappa shape index (κ1) is 19.1. The van der Waals surface area contributed by atoms with Gasteiger partial charge in [-0.15, -0.1) is 11.8 Å². The quantitative estimate of drug-likeness (QED) is 0.627. The summed E-state index contributed by atoms with van der Waals surface area (Å²) in [7, 11) is 1.61. The van der Waals surface area contributed by atoms with Crippen LogP contribution in [0, 0.1) is 0 Å². The Balaban J connectivity index is 1.61. The molecule has 8 heteroatoms. The van der Waals surface area contributed by atoms with E-state index in [-0.39, 0.29) is 18.2 Å². The minimum atomic E-state index is -0.719. The minimum Gasteiger partial charge on any atom is -0.497 e. The van der Waals surface area contributed by atoms with Crippen molar-refractivity contribution >= 4 is 35.1 Å². The number of aromatic nitrogens is 2. The summed E-state index contributed by atoms with van der Waals surface area (Å²) in [5, 5.41) is 10.3. The smallest absolute Gasteiger partial charge is 0.249 e. The number of carbonyl (C=O) groups is 2. The third-order valence-electron chi connectivity index (χ3n) is 4.70. The molecule has 2 N–H and O–H groups in total. The summed E-state index contributed by atoms with van der Waals surface area (Å²) in [5.41, 5.74) is 2.23. The Morgan fingerprint density at radius 2 is 2.03 bits per heavy atom. The van der Waals surface area contributed by atoms with Crippen molar-refractivity contribution in [3.63, 3.8) is 0 Å². The second-order valence-corrected chi connectivity index (χ2v) is 7.46. The van der Waals surface area contributed by atoms with Crippen LogP contribution in [0.5, 0.6) is 5.75 Å². The summed E-state index contributed by atoms with van der Waals surface area (Å²) >= 11 is 1.60. The maximum absolute atomic E-state index is 12.9. The average Bonchev–Trinajstić information content (AvgIpc) is 3.17. The van der Waals surface area contributed by atoms with Gasteiger partial charge in [-0.2, -0.15) is 5.10 Å². The number of carbonyl (C=O) groups excluding carboxylic acids is 2. The van der Waals surface area contributed by atoms with E-state index in [1.165, 1.54) is 0 Å². The fraction of sp³-hybridized carbons (Fsp3) is 0.190. The molecule has 1 aromatic heterocycles. The molecule has 0 radical (unpaired) electrons. The van der Waals surface area contributed by atoms with Crippen molar-refractivity contribution in [2.45, 2.75) is 17.4 Å². The summed E-state index contributed by atoms with van der Waals surface area (Å²) in [6.45, 7) is 0. The minimum absolute atomic E-state index is 0.0325. The van der Waals surface area contributed by atoms with E-state index in [2.05, 4.69) is 15.7 Å². The van der Waals surface area contributed by atoms with Gasteiger partial charge in [-0.05, 0) is 48.7 Å². The number of nitrogens with one attached hydrogen (secondary N) is 2. The standard InChI is InChI=1S/C21H20N4O3S/c1-28-15-8-6-13(7-9-15)17-11-19-23-20(26)12-18(25(19)24-17)21(27)22-14-4-3-5-16(10-14)29-2/h3-11,18H,12H2,1-2H3,(H,22,27)(H,23,26)/t18-/m0/s1. The molecule has 2 amide bonds. The van der Waals surface area contributed by atoms with Crippen LogP contribution >= 0.6 is 11.8 Å². The van der Waals surface area contributed by atoms with Crippen LogP contribution in [-0.4, -0.2) is 35.0 Å². The first-order chi connectivity index (χ1) is 14.1. The van der Waals surface area contributed by atoms with Gasteiger partial charge < -0.3 is 15.4 Å². The molecule has 3 aromatic rings. The molecule has 29 heavy (non-hydrogen) atoms. The highest BCUT2D eigenvalue weighted by Gasteiger charge is 2.32. The molecule has 2 aromatic carbocycles. The number of hydrogen-bond donors (Lipinski definition) is 2. The molecule has 0 fully saturated rings. The third-order valence-corrected chi connectivity index (χ3v) is 5.43. The maximum Gasteiger partial charge on any atom is 0.249 e. The van der Waals surface area contributed by atoms with E-state index in [0.29, 0.717) is 17.2 Å². The highest BCUT2D eigenvalue weighted by molar-refractivity contribution is 7.98. The van der Waals surface area contributed by atoms with Gasteiger partial charge in [-0.1, -0.05) is 6.07 Å². The van der Waals surface area contributed by atoms with Gasteiger partial charge in [0.25, 0.3) is 0 Å². The molecule has 1 aliphatic rings. The Morgan fingerprint density at radius 1 is 1.24 bits per heavy atom. The lowest BCUT2D eigenvalue weighted by Gasteiger charge is -2.23. The zero-order chi connectivity index (χ0) is 20.4. The number of thioether (sulfide) groups is 1. The number of anilines is 2. The lowest BCUT2D eigenvalue weighted by Crippen LogP contribution is -2.35.